The van der Waals surface area contributed by atoms with E-state index in [-0.39, 0.29) is 5.56 Å². The molecule has 0 aliphatic carbocycles. The summed E-state index contributed by atoms with van der Waals surface area (Å²) in [5.41, 5.74) is -0.518. The molecule has 0 bridgehead atoms. The highest BCUT2D eigenvalue weighted by Crippen LogP contribution is 2.33. The number of rotatable bonds is 4. The average Bonchev–Trinajstić information content (AvgIpc) is 2.47. The van der Waals surface area contributed by atoms with E-state index in [1.165, 1.54) is 37.1 Å². The Morgan fingerprint density at radius 1 is 1.14 bits per heavy atom. The van der Waals surface area contributed by atoms with Gasteiger partial charge >= 0.3 is 6.18 Å². The smallest absolute Gasteiger partial charge is 0.416 e. The van der Waals surface area contributed by atoms with Gasteiger partial charge in [0, 0.05) is 0 Å². The lowest BCUT2D eigenvalue weighted by molar-refractivity contribution is -0.137. The fraction of sp³-hybridized carbons (Fsp3) is 0.133. The molecule has 0 aliphatic rings. The minimum absolute atomic E-state index is 0.131. The lowest BCUT2D eigenvalue weighted by Crippen LogP contribution is -2.06. The normalized spacial score (nSPS) is 11.8. The van der Waals surface area contributed by atoms with Crippen LogP contribution in [0, 0.1) is 0 Å². The van der Waals surface area contributed by atoms with Crippen molar-refractivity contribution in [2.45, 2.75) is 11.2 Å². The van der Waals surface area contributed by atoms with Gasteiger partial charge < -0.3 is 4.74 Å². The zero-order valence-electron chi connectivity index (χ0n) is 11.1. The van der Waals surface area contributed by atoms with Crippen LogP contribution in [0.25, 0.3) is 6.08 Å². The lowest BCUT2D eigenvalue weighted by Gasteiger charge is -2.09. The molecule has 21 heavy (non-hydrogen) atoms. The van der Waals surface area contributed by atoms with Gasteiger partial charge in [-0.2, -0.15) is 13.2 Å². The first kappa shape index (κ1) is 15.4. The third-order valence-electron chi connectivity index (χ3n) is 2.65. The van der Waals surface area contributed by atoms with E-state index in [0.717, 1.165) is 6.07 Å². The van der Waals surface area contributed by atoms with Gasteiger partial charge in [-0.05, 0) is 35.2 Å². The van der Waals surface area contributed by atoms with Crippen molar-refractivity contribution in [3.8, 4) is 5.75 Å². The molecule has 2 rings (SSSR count). The number of methoxy groups -OCH3 is 1. The minimum atomic E-state index is -4.36. The van der Waals surface area contributed by atoms with Crippen LogP contribution in [0.1, 0.15) is 11.1 Å². The second-order valence-corrected chi connectivity index (χ2v) is 4.97. The monoisotopic (exact) mass is 311 g/mol. The van der Waals surface area contributed by atoms with E-state index in [2.05, 4.69) is 4.98 Å². The van der Waals surface area contributed by atoms with Gasteiger partial charge in [-0.25, -0.2) is 4.98 Å². The summed E-state index contributed by atoms with van der Waals surface area (Å²) in [5, 5.41) is 2.26. The molecule has 6 heteroatoms. The third-order valence-corrected chi connectivity index (χ3v) is 3.40. The lowest BCUT2D eigenvalue weighted by atomic mass is 10.1. The maximum atomic E-state index is 12.8. The highest BCUT2D eigenvalue weighted by molar-refractivity contribution is 8.02. The maximum Gasteiger partial charge on any atom is 0.416 e. The number of benzene rings is 1. The standard InChI is InChI=1S/C15H12F3NOS/c1-20-12-6-7-14(19-10-12)21-9-8-11-4-2-3-5-13(11)15(16,17)18/h2-10H,1H3/b9-8+. The van der Waals surface area contributed by atoms with Crippen LogP contribution in [-0.2, 0) is 6.18 Å². The summed E-state index contributed by atoms with van der Waals surface area (Å²) in [6.07, 6.45) is -1.37. The van der Waals surface area contributed by atoms with E-state index < -0.39 is 11.7 Å². The van der Waals surface area contributed by atoms with E-state index in [0.29, 0.717) is 10.8 Å². The SMILES string of the molecule is COc1ccc(S/C=C/c2ccccc2C(F)(F)F)nc1. The van der Waals surface area contributed by atoms with Gasteiger partial charge in [-0.15, -0.1) is 0 Å². The molecule has 0 radical (unpaired) electrons. The Balaban J connectivity index is 2.11. The van der Waals surface area contributed by atoms with E-state index in [9.17, 15) is 13.2 Å². The molecule has 1 aromatic carbocycles. The van der Waals surface area contributed by atoms with Crippen molar-refractivity contribution in [1.29, 1.82) is 0 Å². The highest BCUT2D eigenvalue weighted by Gasteiger charge is 2.32. The molecule has 1 heterocycles. The Hall–Kier alpha value is -1.95. The van der Waals surface area contributed by atoms with E-state index >= 15 is 0 Å². The molecule has 0 saturated heterocycles. The van der Waals surface area contributed by atoms with Gasteiger partial charge in [0.2, 0.25) is 0 Å². The molecule has 0 saturated carbocycles. The molecular formula is C15H12F3NOS. The van der Waals surface area contributed by atoms with Crippen molar-refractivity contribution in [3.05, 3.63) is 59.1 Å². The van der Waals surface area contributed by atoms with Crippen molar-refractivity contribution in [3.63, 3.8) is 0 Å². The fourth-order valence-corrected chi connectivity index (χ4v) is 2.25. The van der Waals surface area contributed by atoms with Crippen LogP contribution in [0.4, 0.5) is 13.2 Å². The summed E-state index contributed by atoms with van der Waals surface area (Å²) in [4.78, 5) is 4.12. The highest BCUT2D eigenvalue weighted by atomic mass is 32.2. The number of hydrogen-bond donors (Lipinski definition) is 0. The predicted molar refractivity (Wildman–Crippen MR) is 77.1 cm³/mol. The molecular weight excluding hydrogens is 299 g/mol. The first-order chi connectivity index (χ1) is 10.0. The van der Waals surface area contributed by atoms with Crippen molar-refractivity contribution in [2.75, 3.05) is 7.11 Å². The second-order valence-electron chi connectivity index (χ2n) is 4.04. The summed E-state index contributed by atoms with van der Waals surface area (Å²) >= 11 is 1.24. The van der Waals surface area contributed by atoms with Gasteiger partial charge in [0.05, 0.1) is 18.9 Å². The molecule has 2 aromatic rings. The first-order valence-electron chi connectivity index (χ1n) is 6.00. The Morgan fingerprint density at radius 2 is 1.90 bits per heavy atom. The summed E-state index contributed by atoms with van der Waals surface area (Å²) in [7, 11) is 1.54. The second kappa shape index (κ2) is 6.67. The van der Waals surface area contributed by atoms with Gasteiger partial charge in [0.15, 0.2) is 0 Å². The number of pyridine rings is 1. The van der Waals surface area contributed by atoms with Crippen LogP contribution < -0.4 is 4.74 Å². The third kappa shape index (κ3) is 4.26. The molecule has 0 unspecified atom stereocenters. The molecule has 0 aliphatic heterocycles. The molecule has 0 N–H and O–H groups in total. The molecule has 0 amide bonds. The molecule has 2 nitrogen and oxygen atoms in total. The molecule has 0 atom stereocenters. The van der Waals surface area contributed by atoms with Crippen molar-refractivity contribution >= 4 is 17.8 Å². The Morgan fingerprint density at radius 3 is 2.52 bits per heavy atom. The number of halogens is 3. The predicted octanol–water partition coefficient (Wildman–Crippen LogP) is 4.87. The van der Waals surface area contributed by atoms with Crippen LogP contribution in [0.5, 0.6) is 5.75 Å². The van der Waals surface area contributed by atoms with Crippen LogP contribution in [0.3, 0.4) is 0 Å². The first-order valence-corrected chi connectivity index (χ1v) is 6.88. The van der Waals surface area contributed by atoms with Crippen molar-refractivity contribution in [2.24, 2.45) is 0 Å². The quantitative estimate of drug-likeness (QED) is 0.752. The summed E-state index contributed by atoms with van der Waals surface area (Å²) in [6, 6.07) is 8.93. The molecule has 1 aromatic heterocycles. The molecule has 110 valence electrons. The number of thioether (sulfide) groups is 1. The zero-order chi connectivity index (χ0) is 15.3. The summed E-state index contributed by atoms with van der Waals surface area (Å²) in [6.45, 7) is 0. The van der Waals surface area contributed by atoms with Gasteiger partial charge in [0.25, 0.3) is 0 Å². The Labute approximate surface area is 124 Å². The maximum absolute atomic E-state index is 12.8. The fourth-order valence-electron chi connectivity index (χ4n) is 1.63. The van der Waals surface area contributed by atoms with Gasteiger partial charge in [-0.3, -0.25) is 0 Å². The zero-order valence-corrected chi connectivity index (χ0v) is 11.9. The van der Waals surface area contributed by atoms with Crippen LogP contribution in [0.15, 0.2) is 53.0 Å². The molecule has 0 spiro atoms. The van der Waals surface area contributed by atoms with Crippen LogP contribution in [-0.4, -0.2) is 12.1 Å². The number of nitrogens with zero attached hydrogens (tertiary/aromatic N) is 1. The largest absolute Gasteiger partial charge is 0.495 e. The topological polar surface area (TPSA) is 22.1 Å². The molecule has 0 fully saturated rings. The Bertz CT molecular complexity index is 624. The number of hydrogen-bond acceptors (Lipinski definition) is 3. The summed E-state index contributed by atoms with van der Waals surface area (Å²) in [5.74, 6) is 0.630. The van der Waals surface area contributed by atoms with Crippen LogP contribution >= 0.6 is 11.8 Å². The number of ether oxygens (including phenoxy) is 1. The average molecular weight is 311 g/mol. The van der Waals surface area contributed by atoms with Crippen molar-refractivity contribution < 1.29 is 17.9 Å². The Kier molecular flexibility index (Phi) is 4.90. The van der Waals surface area contributed by atoms with Gasteiger partial charge in [-0.1, -0.05) is 30.0 Å². The minimum Gasteiger partial charge on any atom is -0.495 e. The van der Waals surface area contributed by atoms with E-state index in [1.54, 1.807) is 29.8 Å². The van der Waals surface area contributed by atoms with Crippen molar-refractivity contribution in [1.82, 2.24) is 4.98 Å². The van der Waals surface area contributed by atoms with Gasteiger partial charge in [0.1, 0.15) is 10.8 Å². The summed E-state index contributed by atoms with van der Waals surface area (Å²) < 4.78 is 43.4. The van der Waals surface area contributed by atoms with E-state index in [4.69, 9.17) is 4.74 Å². The van der Waals surface area contributed by atoms with E-state index in [1.807, 2.05) is 0 Å². The van der Waals surface area contributed by atoms with Crippen LogP contribution in [0.2, 0.25) is 0 Å². The number of aromatic nitrogens is 1. The number of alkyl halides is 3.